The predicted molar refractivity (Wildman–Crippen MR) is 97.2 cm³/mol. The molecule has 0 aliphatic heterocycles. The van der Waals surface area contributed by atoms with Crippen molar-refractivity contribution < 1.29 is 13.2 Å². The molecule has 3 aromatic rings. The number of H-pyrrole nitrogens is 1. The number of pyridine rings is 2. The Morgan fingerprint density at radius 1 is 1.26 bits per heavy atom. The molecule has 0 saturated carbocycles. The summed E-state index contributed by atoms with van der Waals surface area (Å²) in [5.74, 6) is 0.00469. The maximum atomic E-state index is 13.5. The van der Waals surface area contributed by atoms with E-state index in [1.807, 2.05) is 0 Å². The van der Waals surface area contributed by atoms with E-state index in [1.54, 1.807) is 6.07 Å². The molecular weight excluding hydrogens is 379 g/mol. The Labute approximate surface area is 158 Å². The Hall–Kier alpha value is -2.28. The van der Waals surface area contributed by atoms with Gasteiger partial charge < -0.3 is 9.38 Å². The van der Waals surface area contributed by atoms with Gasteiger partial charge in [0, 0.05) is 12.3 Å². The van der Waals surface area contributed by atoms with Crippen molar-refractivity contribution in [3.05, 3.63) is 56.6 Å². The van der Waals surface area contributed by atoms with E-state index in [9.17, 15) is 18.0 Å². The van der Waals surface area contributed by atoms with Gasteiger partial charge in [-0.15, -0.1) is 0 Å². The van der Waals surface area contributed by atoms with Crippen molar-refractivity contribution in [1.82, 2.24) is 14.4 Å². The first-order valence-electron chi connectivity index (χ1n) is 8.48. The second-order valence-corrected chi connectivity index (χ2v) is 8.38. The number of hydrogen-bond donors (Lipinski definition) is 1. The van der Waals surface area contributed by atoms with E-state index in [-0.39, 0.29) is 27.6 Å². The van der Waals surface area contributed by atoms with Crippen molar-refractivity contribution in [2.24, 2.45) is 5.41 Å². The Balaban J connectivity index is 2.10. The van der Waals surface area contributed by atoms with Gasteiger partial charge in [-0.2, -0.15) is 13.2 Å². The number of hydrogen-bond acceptors (Lipinski definition) is 2. The Morgan fingerprint density at radius 3 is 2.59 bits per heavy atom. The van der Waals surface area contributed by atoms with Gasteiger partial charge in [0.25, 0.3) is 0 Å². The van der Waals surface area contributed by atoms with Gasteiger partial charge in [0.15, 0.2) is 0 Å². The molecule has 1 aliphatic rings. The minimum atomic E-state index is -4.59. The summed E-state index contributed by atoms with van der Waals surface area (Å²) < 4.78 is 42.0. The van der Waals surface area contributed by atoms with Crippen LogP contribution in [-0.2, 0) is 12.6 Å². The molecule has 0 aromatic carbocycles. The zero-order valence-corrected chi connectivity index (χ0v) is 15.7. The highest BCUT2D eigenvalue weighted by Crippen LogP contribution is 2.47. The number of aromatic amines is 1. The van der Waals surface area contributed by atoms with Crippen molar-refractivity contribution in [3.63, 3.8) is 0 Å². The van der Waals surface area contributed by atoms with Crippen LogP contribution in [0.15, 0.2) is 29.2 Å². The summed E-state index contributed by atoms with van der Waals surface area (Å²) in [6, 6.07) is 4.07. The zero-order chi connectivity index (χ0) is 19.7. The molecule has 0 saturated heterocycles. The van der Waals surface area contributed by atoms with E-state index in [2.05, 4.69) is 30.7 Å². The molecule has 142 valence electrons. The van der Waals surface area contributed by atoms with Gasteiger partial charge in [-0.05, 0) is 29.4 Å². The van der Waals surface area contributed by atoms with E-state index >= 15 is 0 Å². The van der Waals surface area contributed by atoms with Crippen LogP contribution in [0.25, 0.3) is 17.0 Å². The van der Waals surface area contributed by atoms with Crippen LogP contribution < -0.4 is 5.56 Å². The number of rotatable bonds is 0. The van der Waals surface area contributed by atoms with Crippen molar-refractivity contribution >= 4 is 17.2 Å². The number of aromatic nitrogens is 3. The van der Waals surface area contributed by atoms with Crippen LogP contribution in [0.1, 0.15) is 43.5 Å². The number of alkyl halides is 3. The summed E-state index contributed by atoms with van der Waals surface area (Å²) in [6.07, 6.45) is -2.64. The molecule has 0 bridgehead atoms. The topological polar surface area (TPSA) is 50.2 Å². The molecule has 1 unspecified atom stereocenters. The molecule has 0 spiro atoms. The first-order valence-corrected chi connectivity index (χ1v) is 8.86. The molecule has 3 heterocycles. The lowest BCUT2D eigenvalue weighted by atomic mass is 9.71. The van der Waals surface area contributed by atoms with E-state index in [0.29, 0.717) is 23.5 Å². The maximum absolute atomic E-state index is 13.5. The first-order chi connectivity index (χ1) is 12.5. The molecule has 0 fully saturated rings. The molecule has 1 aliphatic carbocycles. The number of imidazole rings is 1. The predicted octanol–water partition coefficient (Wildman–Crippen LogP) is 5.05. The standard InChI is InChI=1S/C19H17ClF3N3O/c1-18(2,3)11-7-13-16(15-10(11)4-5-14(27)24-15)25-17-12(19(21,22)23)6-9(20)8-26(13)17/h4-6,8,11H,7H2,1-3H3,(H,24,27). The van der Waals surface area contributed by atoms with Gasteiger partial charge in [-0.1, -0.05) is 38.4 Å². The number of nitrogens with one attached hydrogen (secondary N) is 1. The molecule has 4 nitrogen and oxygen atoms in total. The van der Waals surface area contributed by atoms with Crippen LogP contribution in [0.5, 0.6) is 0 Å². The van der Waals surface area contributed by atoms with Crippen molar-refractivity contribution in [2.45, 2.75) is 39.3 Å². The highest BCUT2D eigenvalue weighted by atomic mass is 35.5. The number of nitrogens with zero attached hydrogens (tertiary/aromatic N) is 2. The first kappa shape index (κ1) is 18.1. The third-order valence-corrected chi connectivity index (χ3v) is 5.30. The quantitative estimate of drug-likeness (QED) is 0.579. The van der Waals surface area contributed by atoms with E-state index in [4.69, 9.17) is 11.6 Å². The zero-order valence-electron chi connectivity index (χ0n) is 14.9. The lowest BCUT2D eigenvalue weighted by molar-refractivity contribution is -0.136. The highest BCUT2D eigenvalue weighted by Gasteiger charge is 2.39. The minimum Gasteiger partial charge on any atom is -0.320 e. The highest BCUT2D eigenvalue weighted by molar-refractivity contribution is 6.30. The van der Waals surface area contributed by atoms with E-state index < -0.39 is 11.7 Å². The summed E-state index contributed by atoms with van der Waals surface area (Å²) in [6.45, 7) is 6.19. The fraction of sp³-hybridized carbons (Fsp3) is 0.368. The SMILES string of the molecule is CC(C)(C)C1Cc2c(nc3c(C(F)(F)F)cc(Cl)cn23)-c2[nH]c(=O)ccc21. The van der Waals surface area contributed by atoms with Crippen LogP contribution in [-0.4, -0.2) is 14.4 Å². The monoisotopic (exact) mass is 395 g/mol. The van der Waals surface area contributed by atoms with Gasteiger partial charge in [0.1, 0.15) is 16.9 Å². The second kappa shape index (κ2) is 5.61. The van der Waals surface area contributed by atoms with Crippen molar-refractivity contribution in [2.75, 3.05) is 0 Å². The molecule has 8 heteroatoms. The maximum Gasteiger partial charge on any atom is 0.420 e. The number of fused-ring (bicyclic) bond motifs is 5. The summed E-state index contributed by atoms with van der Waals surface area (Å²) in [5, 5.41) is -0.0188. The van der Waals surface area contributed by atoms with Gasteiger partial charge >= 0.3 is 6.18 Å². The molecule has 1 atom stereocenters. The molecule has 4 rings (SSSR count). The molecule has 0 radical (unpaired) electrons. The summed E-state index contributed by atoms with van der Waals surface area (Å²) in [4.78, 5) is 19.0. The average molecular weight is 396 g/mol. The van der Waals surface area contributed by atoms with Crippen LogP contribution in [0.2, 0.25) is 5.02 Å². The van der Waals surface area contributed by atoms with Crippen LogP contribution in [0.4, 0.5) is 13.2 Å². The molecule has 27 heavy (non-hydrogen) atoms. The molecular formula is C19H17ClF3N3O. The second-order valence-electron chi connectivity index (χ2n) is 7.95. The summed E-state index contributed by atoms with van der Waals surface area (Å²) >= 11 is 5.97. The average Bonchev–Trinajstić information content (AvgIpc) is 2.90. The fourth-order valence-corrected chi connectivity index (χ4v) is 4.02. The lowest BCUT2D eigenvalue weighted by Gasteiger charge is -2.35. The Bertz CT molecular complexity index is 1120. The normalized spacial score (nSPS) is 17.1. The van der Waals surface area contributed by atoms with Crippen LogP contribution >= 0.6 is 11.6 Å². The number of halogens is 4. The fourth-order valence-electron chi connectivity index (χ4n) is 3.81. The van der Waals surface area contributed by atoms with Crippen LogP contribution in [0.3, 0.4) is 0 Å². The van der Waals surface area contributed by atoms with Gasteiger partial charge in [0.2, 0.25) is 5.56 Å². The minimum absolute atomic E-state index is 0.00469. The molecule has 0 amide bonds. The Kier molecular flexibility index (Phi) is 3.76. The molecule has 3 aromatic heterocycles. The Morgan fingerprint density at radius 2 is 1.96 bits per heavy atom. The van der Waals surface area contributed by atoms with Gasteiger partial charge in [-0.3, -0.25) is 4.79 Å². The third kappa shape index (κ3) is 2.84. The third-order valence-electron chi connectivity index (χ3n) is 5.10. The van der Waals surface area contributed by atoms with E-state index in [1.165, 1.54) is 16.7 Å². The summed E-state index contributed by atoms with van der Waals surface area (Å²) in [7, 11) is 0. The van der Waals surface area contributed by atoms with E-state index in [0.717, 1.165) is 11.6 Å². The molecule has 1 N–H and O–H groups in total. The van der Waals surface area contributed by atoms with Gasteiger partial charge in [-0.25, -0.2) is 4.98 Å². The summed E-state index contributed by atoms with van der Waals surface area (Å²) in [5.41, 5.74) is 0.775. The smallest absolute Gasteiger partial charge is 0.320 e. The van der Waals surface area contributed by atoms with Crippen LogP contribution in [0, 0.1) is 5.41 Å². The largest absolute Gasteiger partial charge is 0.420 e. The lowest BCUT2D eigenvalue weighted by Crippen LogP contribution is -2.26. The van der Waals surface area contributed by atoms with Gasteiger partial charge in [0.05, 0.1) is 16.4 Å². The van der Waals surface area contributed by atoms with Crippen molar-refractivity contribution in [1.29, 1.82) is 0 Å². The van der Waals surface area contributed by atoms with Crippen molar-refractivity contribution in [3.8, 4) is 11.4 Å².